The van der Waals surface area contributed by atoms with Crippen LogP contribution in [0.25, 0.3) is 0 Å². The quantitative estimate of drug-likeness (QED) is 0.888. The Labute approximate surface area is 110 Å². The molecule has 2 atom stereocenters. The Bertz CT molecular complexity index is 381. The first-order valence-electron chi connectivity index (χ1n) is 6.89. The van der Waals surface area contributed by atoms with Crippen molar-refractivity contribution in [1.82, 2.24) is 4.90 Å². The molecule has 1 aromatic rings. The van der Waals surface area contributed by atoms with Crippen molar-refractivity contribution in [3.05, 3.63) is 29.8 Å². The molecule has 100 valence electrons. The maximum atomic E-state index is 6.15. The summed E-state index contributed by atoms with van der Waals surface area (Å²) in [5.74, 6) is 1.65. The maximum Gasteiger partial charge on any atom is 0.123 e. The lowest BCUT2D eigenvalue weighted by atomic mass is 9.94. The average Bonchev–Trinajstić information content (AvgIpc) is 2.37. The first-order chi connectivity index (χ1) is 8.70. The predicted molar refractivity (Wildman–Crippen MR) is 74.6 cm³/mol. The molecule has 0 aliphatic carbocycles. The second-order valence-electron chi connectivity index (χ2n) is 5.21. The van der Waals surface area contributed by atoms with Crippen molar-refractivity contribution in [2.45, 2.75) is 32.9 Å². The van der Waals surface area contributed by atoms with E-state index in [-0.39, 0.29) is 0 Å². The average molecular weight is 248 g/mol. The highest BCUT2D eigenvalue weighted by molar-refractivity contribution is 5.33. The van der Waals surface area contributed by atoms with Gasteiger partial charge in [0, 0.05) is 24.7 Å². The molecule has 1 aromatic carbocycles. The van der Waals surface area contributed by atoms with Gasteiger partial charge in [-0.3, -0.25) is 4.90 Å². The standard InChI is InChI=1S/C15H24N2O/c1-3-18-15-7-5-4-6-13(15)10-17-9-8-12(2)14(16)11-17/h4-7,12,14H,3,8-11,16H2,1-2H3. The van der Waals surface area contributed by atoms with E-state index in [4.69, 9.17) is 10.5 Å². The molecule has 2 N–H and O–H groups in total. The minimum atomic E-state index is 0.304. The zero-order chi connectivity index (χ0) is 13.0. The molecule has 0 saturated carbocycles. The minimum Gasteiger partial charge on any atom is -0.494 e. The van der Waals surface area contributed by atoms with Crippen molar-refractivity contribution in [1.29, 1.82) is 0 Å². The van der Waals surface area contributed by atoms with Crippen LogP contribution >= 0.6 is 0 Å². The van der Waals surface area contributed by atoms with Gasteiger partial charge in [0.15, 0.2) is 0 Å². The summed E-state index contributed by atoms with van der Waals surface area (Å²) in [5.41, 5.74) is 7.41. The Kier molecular flexibility index (Phi) is 4.61. The summed E-state index contributed by atoms with van der Waals surface area (Å²) >= 11 is 0. The number of rotatable bonds is 4. The van der Waals surface area contributed by atoms with Crippen LogP contribution in [-0.2, 0) is 6.54 Å². The number of likely N-dealkylation sites (tertiary alicyclic amines) is 1. The predicted octanol–water partition coefficient (Wildman–Crippen LogP) is 2.25. The van der Waals surface area contributed by atoms with Crippen LogP contribution in [0.1, 0.15) is 25.8 Å². The van der Waals surface area contributed by atoms with E-state index in [1.807, 2.05) is 19.1 Å². The molecule has 18 heavy (non-hydrogen) atoms. The number of ether oxygens (including phenoxy) is 1. The third kappa shape index (κ3) is 3.24. The molecule has 0 spiro atoms. The molecule has 2 unspecified atom stereocenters. The molecule has 1 aliphatic heterocycles. The molecule has 1 aliphatic rings. The summed E-state index contributed by atoms with van der Waals surface area (Å²) in [6, 6.07) is 8.60. The topological polar surface area (TPSA) is 38.5 Å². The SMILES string of the molecule is CCOc1ccccc1CN1CCC(C)C(N)C1. The number of hydrogen-bond donors (Lipinski definition) is 1. The van der Waals surface area contributed by atoms with Crippen LogP contribution in [-0.4, -0.2) is 30.6 Å². The zero-order valence-electron chi connectivity index (χ0n) is 11.4. The van der Waals surface area contributed by atoms with E-state index in [0.717, 1.165) is 25.4 Å². The van der Waals surface area contributed by atoms with Crippen LogP contribution in [0.3, 0.4) is 0 Å². The fourth-order valence-electron chi connectivity index (χ4n) is 2.48. The lowest BCUT2D eigenvalue weighted by molar-refractivity contribution is 0.160. The van der Waals surface area contributed by atoms with Crippen molar-refractivity contribution in [3.8, 4) is 5.75 Å². The van der Waals surface area contributed by atoms with Gasteiger partial charge in [-0.2, -0.15) is 0 Å². The van der Waals surface area contributed by atoms with Crippen LogP contribution in [0, 0.1) is 5.92 Å². The van der Waals surface area contributed by atoms with E-state index in [0.29, 0.717) is 18.6 Å². The monoisotopic (exact) mass is 248 g/mol. The summed E-state index contributed by atoms with van der Waals surface area (Å²) in [5, 5.41) is 0. The van der Waals surface area contributed by atoms with Gasteiger partial charge in [0.25, 0.3) is 0 Å². The van der Waals surface area contributed by atoms with Gasteiger partial charge >= 0.3 is 0 Å². The Morgan fingerprint density at radius 1 is 1.39 bits per heavy atom. The third-order valence-electron chi connectivity index (χ3n) is 3.77. The zero-order valence-corrected chi connectivity index (χ0v) is 11.4. The third-order valence-corrected chi connectivity index (χ3v) is 3.77. The molecule has 0 aromatic heterocycles. The van der Waals surface area contributed by atoms with E-state index < -0.39 is 0 Å². The van der Waals surface area contributed by atoms with Crippen molar-refractivity contribution in [2.75, 3.05) is 19.7 Å². The van der Waals surface area contributed by atoms with E-state index in [1.165, 1.54) is 12.0 Å². The number of benzene rings is 1. The van der Waals surface area contributed by atoms with Gasteiger partial charge in [0.1, 0.15) is 5.75 Å². The first-order valence-corrected chi connectivity index (χ1v) is 6.89. The lowest BCUT2D eigenvalue weighted by Crippen LogP contribution is -2.47. The molecule has 0 radical (unpaired) electrons. The second kappa shape index (κ2) is 6.21. The summed E-state index contributed by atoms with van der Waals surface area (Å²) in [6.07, 6.45) is 1.19. The Balaban J connectivity index is 2.01. The molecule has 1 fully saturated rings. The van der Waals surface area contributed by atoms with Gasteiger partial charge < -0.3 is 10.5 Å². The van der Waals surface area contributed by atoms with Crippen LogP contribution in [0.4, 0.5) is 0 Å². The summed E-state index contributed by atoms with van der Waals surface area (Å²) in [7, 11) is 0. The number of piperidine rings is 1. The van der Waals surface area contributed by atoms with Gasteiger partial charge in [0.2, 0.25) is 0 Å². The van der Waals surface area contributed by atoms with E-state index in [2.05, 4.69) is 24.0 Å². The Morgan fingerprint density at radius 3 is 2.89 bits per heavy atom. The smallest absolute Gasteiger partial charge is 0.123 e. The molecule has 1 heterocycles. The number of para-hydroxylation sites is 1. The van der Waals surface area contributed by atoms with E-state index in [1.54, 1.807) is 0 Å². The largest absolute Gasteiger partial charge is 0.494 e. The molecular weight excluding hydrogens is 224 g/mol. The first kappa shape index (κ1) is 13.4. The highest BCUT2D eigenvalue weighted by atomic mass is 16.5. The van der Waals surface area contributed by atoms with Crippen molar-refractivity contribution >= 4 is 0 Å². The van der Waals surface area contributed by atoms with Crippen LogP contribution in [0.15, 0.2) is 24.3 Å². The van der Waals surface area contributed by atoms with Gasteiger partial charge in [-0.25, -0.2) is 0 Å². The lowest BCUT2D eigenvalue weighted by Gasteiger charge is -2.35. The molecule has 0 amide bonds. The van der Waals surface area contributed by atoms with Crippen molar-refractivity contribution < 1.29 is 4.74 Å². The Hall–Kier alpha value is -1.06. The second-order valence-corrected chi connectivity index (χ2v) is 5.21. The molecule has 1 saturated heterocycles. The molecule has 3 nitrogen and oxygen atoms in total. The number of nitrogens with two attached hydrogens (primary N) is 1. The van der Waals surface area contributed by atoms with Crippen LogP contribution < -0.4 is 10.5 Å². The Morgan fingerprint density at radius 2 is 2.17 bits per heavy atom. The minimum absolute atomic E-state index is 0.304. The highest BCUT2D eigenvalue weighted by Crippen LogP contribution is 2.23. The van der Waals surface area contributed by atoms with Gasteiger partial charge in [-0.1, -0.05) is 25.1 Å². The van der Waals surface area contributed by atoms with Gasteiger partial charge in [-0.15, -0.1) is 0 Å². The summed E-state index contributed by atoms with van der Waals surface area (Å²) in [4.78, 5) is 2.43. The number of hydrogen-bond acceptors (Lipinski definition) is 3. The van der Waals surface area contributed by atoms with Gasteiger partial charge in [-0.05, 0) is 31.9 Å². The number of nitrogens with zero attached hydrogens (tertiary/aromatic N) is 1. The molecular formula is C15H24N2O. The maximum absolute atomic E-state index is 6.15. The van der Waals surface area contributed by atoms with Crippen molar-refractivity contribution in [2.24, 2.45) is 11.7 Å². The normalized spacial score (nSPS) is 25.1. The van der Waals surface area contributed by atoms with Crippen LogP contribution in [0.5, 0.6) is 5.75 Å². The highest BCUT2D eigenvalue weighted by Gasteiger charge is 2.23. The fourth-order valence-corrected chi connectivity index (χ4v) is 2.48. The van der Waals surface area contributed by atoms with E-state index in [9.17, 15) is 0 Å². The summed E-state index contributed by atoms with van der Waals surface area (Å²) in [6.45, 7) is 8.05. The van der Waals surface area contributed by atoms with Crippen LogP contribution in [0.2, 0.25) is 0 Å². The fraction of sp³-hybridized carbons (Fsp3) is 0.600. The van der Waals surface area contributed by atoms with E-state index >= 15 is 0 Å². The summed E-state index contributed by atoms with van der Waals surface area (Å²) < 4.78 is 5.67. The molecule has 3 heteroatoms. The molecule has 2 rings (SSSR count). The van der Waals surface area contributed by atoms with Gasteiger partial charge in [0.05, 0.1) is 6.61 Å². The molecule has 0 bridgehead atoms. The van der Waals surface area contributed by atoms with Crippen molar-refractivity contribution in [3.63, 3.8) is 0 Å².